The number of amides is 3. The lowest BCUT2D eigenvalue weighted by Gasteiger charge is -2.05. The molecule has 26 heavy (non-hydrogen) atoms. The fourth-order valence-electron chi connectivity index (χ4n) is 2.03. The van der Waals surface area contributed by atoms with Crippen LogP contribution in [-0.4, -0.2) is 31.3 Å². The van der Waals surface area contributed by atoms with Crippen molar-refractivity contribution in [3.05, 3.63) is 70.2 Å². The van der Waals surface area contributed by atoms with Crippen LogP contribution < -0.4 is 16.0 Å². The van der Waals surface area contributed by atoms with Gasteiger partial charge in [-0.15, -0.1) is 0 Å². The van der Waals surface area contributed by atoms with Crippen molar-refractivity contribution in [2.24, 2.45) is 0 Å². The zero-order chi connectivity index (χ0) is 18.9. The van der Waals surface area contributed by atoms with Crippen LogP contribution in [0.4, 0.5) is 5.69 Å². The number of carbonyl (C=O) groups excluding carboxylic acids is 3. The van der Waals surface area contributed by atoms with Crippen LogP contribution in [0.25, 0.3) is 6.08 Å². The lowest BCUT2D eigenvalue weighted by Crippen LogP contribution is -2.31. The molecule has 0 unspecified atom stereocenters. The van der Waals surface area contributed by atoms with E-state index in [2.05, 4.69) is 31.9 Å². The molecule has 0 aromatic heterocycles. The number of anilines is 1. The molecule has 0 atom stereocenters. The largest absolute Gasteiger partial charge is 0.355 e. The smallest absolute Gasteiger partial charge is 0.251 e. The van der Waals surface area contributed by atoms with Crippen LogP contribution >= 0.6 is 15.9 Å². The Morgan fingerprint density at radius 1 is 1.00 bits per heavy atom. The van der Waals surface area contributed by atoms with Gasteiger partial charge in [0.2, 0.25) is 11.8 Å². The van der Waals surface area contributed by atoms with Crippen molar-refractivity contribution in [1.82, 2.24) is 10.6 Å². The molecule has 0 heterocycles. The van der Waals surface area contributed by atoms with Crippen LogP contribution in [0.15, 0.2) is 59.1 Å². The van der Waals surface area contributed by atoms with E-state index in [1.807, 2.05) is 12.1 Å². The molecule has 0 fully saturated rings. The number of halogens is 1. The third-order valence-corrected chi connectivity index (χ3v) is 3.91. The van der Waals surface area contributed by atoms with Crippen LogP contribution in [0.5, 0.6) is 0 Å². The summed E-state index contributed by atoms with van der Waals surface area (Å²) in [4.78, 5) is 35.1. The summed E-state index contributed by atoms with van der Waals surface area (Å²) in [6.45, 7) is -0.130. The highest BCUT2D eigenvalue weighted by Gasteiger charge is 2.04. The average molecular weight is 416 g/mol. The van der Waals surface area contributed by atoms with Crippen LogP contribution in [0.1, 0.15) is 15.9 Å². The van der Waals surface area contributed by atoms with Crippen molar-refractivity contribution in [2.45, 2.75) is 0 Å². The van der Waals surface area contributed by atoms with E-state index >= 15 is 0 Å². The Balaban J connectivity index is 1.80. The Labute approximate surface area is 159 Å². The first-order chi connectivity index (χ1) is 12.5. The van der Waals surface area contributed by atoms with Crippen LogP contribution in [0, 0.1) is 0 Å². The molecule has 6 nitrogen and oxygen atoms in total. The van der Waals surface area contributed by atoms with Crippen molar-refractivity contribution >= 4 is 45.4 Å². The van der Waals surface area contributed by atoms with Gasteiger partial charge in [0.05, 0.1) is 6.54 Å². The summed E-state index contributed by atoms with van der Waals surface area (Å²) in [7, 11) is 1.56. The van der Waals surface area contributed by atoms with Gasteiger partial charge in [0, 0.05) is 28.8 Å². The Hall–Kier alpha value is -2.93. The molecule has 0 bridgehead atoms. The van der Waals surface area contributed by atoms with Crippen molar-refractivity contribution < 1.29 is 14.4 Å². The molecule has 2 aromatic carbocycles. The van der Waals surface area contributed by atoms with Gasteiger partial charge in [0.25, 0.3) is 5.91 Å². The second-order valence-corrected chi connectivity index (χ2v) is 6.22. The Morgan fingerprint density at radius 3 is 2.27 bits per heavy atom. The maximum absolute atomic E-state index is 11.8. The lowest BCUT2D eigenvalue weighted by atomic mass is 10.1. The van der Waals surface area contributed by atoms with Crippen molar-refractivity contribution in [3.63, 3.8) is 0 Å². The molecule has 0 radical (unpaired) electrons. The monoisotopic (exact) mass is 415 g/mol. The van der Waals surface area contributed by atoms with Gasteiger partial charge in [0.15, 0.2) is 0 Å². The van der Waals surface area contributed by atoms with Gasteiger partial charge in [-0.3, -0.25) is 14.4 Å². The van der Waals surface area contributed by atoms with Crippen LogP contribution in [0.3, 0.4) is 0 Å². The minimum absolute atomic E-state index is 0.130. The highest BCUT2D eigenvalue weighted by molar-refractivity contribution is 9.10. The lowest BCUT2D eigenvalue weighted by molar-refractivity contribution is -0.121. The van der Waals surface area contributed by atoms with Crippen molar-refractivity contribution in [3.8, 4) is 0 Å². The first kappa shape index (κ1) is 19.4. The molecule has 3 amide bonds. The summed E-state index contributed by atoms with van der Waals surface area (Å²) >= 11 is 3.32. The summed E-state index contributed by atoms with van der Waals surface area (Å²) in [5, 5.41) is 7.73. The molecule has 0 aliphatic rings. The van der Waals surface area contributed by atoms with Crippen LogP contribution in [-0.2, 0) is 9.59 Å². The maximum atomic E-state index is 11.8. The quantitative estimate of drug-likeness (QED) is 0.633. The van der Waals surface area contributed by atoms with Crippen molar-refractivity contribution in [1.29, 1.82) is 0 Å². The second kappa shape index (κ2) is 9.53. The maximum Gasteiger partial charge on any atom is 0.251 e. The van der Waals surface area contributed by atoms with E-state index in [0.29, 0.717) is 11.3 Å². The predicted octanol–water partition coefficient (Wildman–Crippen LogP) is 2.58. The minimum Gasteiger partial charge on any atom is -0.355 e. The van der Waals surface area contributed by atoms with Crippen LogP contribution in [0.2, 0.25) is 0 Å². The Morgan fingerprint density at radius 2 is 1.65 bits per heavy atom. The summed E-state index contributed by atoms with van der Waals surface area (Å²) in [5.41, 5.74) is 1.96. The highest BCUT2D eigenvalue weighted by atomic mass is 79.9. The molecule has 0 spiro atoms. The third-order valence-electron chi connectivity index (χ3n) is 3.38. The molecule has 0 aliphatic heterocycles. The highest BCUT2D eigenvalue weighted by Crippen LogP contribution is 2.13. The van der Waals surface area contributed by atoms with Gasteiger partial charge in [-0.1, -0.05) is 28.1 Å². The number of rotatable bonds is 6. The van der Waals surface area contributed by atoms with E-state index in [1.54, 1.807) is 49.5 Å². The molecule has 0 aliphatic carbocycles. The number of hydrogen-bond acceptors (Lipinski definition) is 3. The molecular formula is C19H18BrN3O3. The van der Waals surface area contributed by atoms with Crippen molar-refractivity contribution in [2.75, 3.05) is 18.9 Å². The second-order valence-electron chi connectivity index (χ2n) is 5.31. The zero-order valence-electron chi connectivity index (χ0n) is 14.1. The minimum atomic E-state index is -0.383. The first-order valence-electron chi connectivity index (χ1n) is 7.81. The Bertz CT molecular complexity index is 815. The molecule has 3 N–H and O–H groups in total. The molecule has 2 aromatic rings. The molecule has 134 valence electrons. The number of nitrogens with one attached hydrogen (secondary N) is 3. The normalized spacial score (nSPS) is 10.4. The summed E-state index contributed by atoms with van der Waals surface area (Å²) in [6, 6.07) is 13.9. The molecular weight excluding hydrogens is 398 g/mol. The van der Waals surface area contributed by atoms with Gasteiger partial charge in [-0.25, -0.2) is 0 Å². The topological polar surface area (TPSA) is 87.3 Å². The molecule has 2 rings (SSSR count). The molecule has 7 heteroatoms. The van der Waals surface area contributed by atoms with Gasteiger partial charge in [0.1, 0.15) is 0 Å². The van der Waals surface area contributed by atoms with E-state index in [0.717, 1.165) is 10.0 Å². The van der Waals surface area contributed by atoms with Gasteiger partial charge >= 0.3 is 0 Å². The van der Waals surface area contributed by atoms with E-state index in [4.69, 9.17) is 0 Å². The fourth-order valence-corrected chi connectivity index (χ4v) is 2.29. The summed E-state index contributed by atoms with van der Waals surface area (Å²) < 4.78 is 0.914. The fraction of sp³-hybridized carbons (Fsp3) is 0.105. The standard InChI is InChI=1S/C19H18BrN3O3/c1-21-19(26)14-5-2-13(3-6-14)4-11-17(24)22-12-18(25)23-16-9-7-15(20)8-10-16/h2-11H,12H2,1H3,(H,21,26)(H,22,24)(H,23,25)/b11-4+. The van der Waals surface area contributed by atoms with E-state index < -0.39 is 0 Å². The number of benzene rings is 2. The van der Waals surface area contributed by atoms with E-state index in [-0.39, 0.29) is 24.3 Å². The van der Waals surface area contributed by atoms with E-state index in [1.165, 1.54) is 6.08 Å². The zero-order valence-corrected chi connectivity index (χ0v) is 15.7. The summed E-state index contributed by atoms with van der Waals surface area (Å²) in [5.74, 6) is -0.870. The first-order valence-corrected chi connectivity index (χ1v) is 8.60. The molecule has 0 saturated heterocycles. The van der Waals surface area contributed by atoms with Gasteiger partial charge in [-0.05, 0) is 48.0 Å². The predicted molar refractivity (Wildman–Crippen MR) is 105 cm³/mol. The van der Waals surface area contributed by atoms with Gasteiger partial charge < -0.3 is 16.0 Å². The summed E-state index contributed by atoms with van der Waals surface area (Å²) in [6.07, 6.45) is 2.94. The third kappa shape index (κ3) is 6.18. The molecule has 0 saturated carbocycles. The van der Waals surface area contributed by atoms with Gasteiger partial charge in [-0.2, -0.15) is 0 Å². The number of hydrogen-bond donors (Lipinski definition) is 3. The average Bonchev–Trinajstić information content (AvgIpc) is 2.66. The SMILES string of the molecule is CNC(=O)c1ccc(/C=C/C(=O)NCC(=O)Nc2ccc(Br)cc2)cc1. The number of carbonyl (C=O) groups is 3. The Kier molecular flexibility index (Phi) is 7.11. The van der Waals surface area contributed by atoms with E-state index in [9.17, 15) is 14.4 Å².